The average molecular weight is 539 g/mol. The SMILES string of the molecule is O=C(Cc1cccs1)N[C@@H]1C(=O)N2C(C(=O)OC(c3ccccc3)c3ccccc3)=C(CCl)CS[C@@H]12. The molecule has 2 aliphatic heterocycles. The molecule has 1 fully saturated rings. The van der Waals surface area contributed by atoms with E-state index in [1.54, 1.807) is 0 Å². The fraction of sp³-hybridized carbons (Fsp3) is 0.222. The van der Waals surface area contributed by atoms with Gasteiger partial charge in [0.1, 0.15) is 17.1 Å². The highest BCUT2D eigenvalue weighted by Gasteiger charge is 2.54. The highest BCUT2D eigenvalue weighted by Crippen LogP contribution is 2.42. The van der Waals surface area contributed by atoms with Gasteiger partial charge in [0, 0.05) is 16.5 Å². The molecule has 0 spiro atoms. The Balaban J connectivity index is 1.36. The maximum Gasteiger partial charge on any atom is 0.356 e. The first-order chi connectivity index (χ1) is 17.6. The van der Waals surface area contributed by atoms with Crippen molar-refractivity contribution in [1.29, 1.82) is 0 Å². The lowest BCUT2D eigenvalue weighted by Gasteiger charge is -2.49. The number of ether oxygens (including phenoxy) is 1. The number of nitrogens with one attached hydrogen (secondary N) is 1. The molecule has 0 aliphatic carbocycles. The Labute approximate surface area is 222 Å². The molecule has 5 rings (SSSR count). The Morgan fingerprint density at radius 1 is 1.03 bits per heavy atom. The molecule has 0 radical (unpaired) electrons. The van der Waals surface area contributed by atoms with Gasteiger partial charge in [-0.2, -0.15) is 0 Å². The van der Waals surface area contributed by atoms with Crippen LogP contribution < -0.4 is 5.32 Å². The summed E-state index contributed by atoms with van der Waals surface area (Å²) in [6.45, 7) is 0. The standard InChI is InChI=1S/C27H23ClN2O4S2/c28-15-19-16-36-26-22(29-21(31)14-20-12-7-13-35-20)25(32)30(26)23(19)27(33)34-24(17-8-3-1-4-9-17)18-10-5-2-6-11-18/h1-13,22,24,26H,14-16H2,(H,29,31)/t22-,26+/m1/s1. The number of nitrogens with zero attached hydrogens (tertiary/aromatic N) is 1. The second kappa shape index (κ2) is 10.9. The van der Waals surface area contributed by atoms with Crippen molar-refractivity contribution >= 4 is 52.5 Å². The van der Waals surface area contributed by atoms with Crippen molar-refractivity contribution in [2.24, 2.45) is 0 Å². The van der Waals surface area contributed by atoms with Gasteiger partial charge in [-0.1, -0.05) is 66.7 Å². The van der Waals surface area contributed by atoms with Gasteiger partial charge >= 0.3 is 5.97 Å². The minimum Gasteiger partial charge on any atom is -0.448 e. The van der Waals surface area contributed by atoms with Crippen LogP contribution >= 0.6 is 34.7 Å². The van der Waals surface area contributed by atoms with Crippen molar-refractivity contribution in [3.63, 3.8) is 0 Å². The summed E-state index contributed by atoms with van der Waals surface area (Å²) in [6.07, 6.45) is -0.429. The van der Waals surface area contributed by atoms with E-state index in [1.165, 1.54) is 28.0 Å². The molecule has 9 heteroatoms. The number of hydrogen-bond acceptors (Lipinski definition) is 6. The monoisotopic (exact) mass is 538 g/mol. The molecule has 3 aromatic rings. The topological polar surface area (TPSA) is 75.7 Å². The molecule has 2 aliphatic rings. The number of rotatable bonds is 8. The van der Waals surface area contributed by atoms with Crippen LogP contribution in [0.4, 0.5) is 0 Å². The number of amides is 2. The van der Waals surface area contributed by atoms with Gasteiger partial charge in [-0.05, 0) is 28.1 Å². The largest absolute Gasteiger partial charge is 0.448 e. The molecule has 0 saturated carbocycles. The average Bonchev–Trinajstić information content (AvgIpc) is 3.43. The summed E-state index contributed by atoms with van der Waals surface area (Å²) in [4.78, 5) is 41.6. The van der Waals surface area contributed by atoms with E-state index in [4.69, 9.17) is 16.3 Å². The second-order valence-corrected chi connectivity index (χ2v) is 10.8. The van der Waals surface area contributed by atoms with Crippen molar-refractivity contribution in [2.75, 3.05) is 11.6 Å². The van der Waals surface area contributed by atoms with Crippen LogP contribution in [0.3, 0.4) is 0 Å². The van der Waals surface area contributed by atoms with Crippen molar-refractivity contribution in [3.05, 3.63) is 105 Å². The summed E-state index contributed by atoms with van der Waals surface area (Å²) in [5.41, 5.74) is 2.46. The van der Waals surface area contributed by atoms with Crippen LogP contribution in [0.25, 0.3) is 0 Å². The summed E-state index contributed by atoms with van der Waals surface area (Å²) in [5, 5.41) is 4.36. The number of hydrogen-bond donors (Lipinski definition) is 1. The van der Waals surface area contributed by atoms with E-state index in [0.29, 0.717) is 11.3 Å². The molecule has 6 nitrogen and oxygen atoms in total. The molecule has 184 valence electrons. The number of carbonyl (C=O) groups excluding carboxylic acids is 3. The molecule has 2 atom stereocenters. The van der Waals surface area contributed by atoms with Crippen LogP contribution in [0.2, 0.25) is 0 Å². The zero-order valence-corrected chi connectivity index (χ0v) is 21.5. The molecule has 0 bridgehead atoms. The third-order valence-corrected chi connectivity index (χ3v) is 8.60. The summed E-state index contributed by atoms with van der Waals surface area (Å²) >= 11 is 9.16. The number of benzene rings is 2. The van der Waals surface area contributed by atoms with Crippen molar-refractivity contribution in [3.8, 4) is 0 Å². The van der Waals surface area contributed by atoms with Crippen molar-refractivity contribution in [1.82, 2.24) is 10.2 Å². The Hall–Kier alpha value is -3.07. The number of esters is 1. The highest BCUT2D eigenvalue weighted by atomic mass is 35.5. The minimum atomic E-state index is -0.693. The summed E-state index contributed by atoms with van der Waals surface area (Å²) < 4.78 is 6.04. The Bertz CT molecular complexity index is 1240. The number of carbonyl (C=O) groups is 3. The van der Waals surface area contributed by atoms with Gasteiger partial charge in [0.15, 0.2) is 6.10 Å². The van der Waals surface area contributed by atoms with Gasteiger partial charge in [0.05, 0.1) is 6.42 Å². The van der Waals surface area contributed by atoms with Gasteiger partial charge in [0.25, 0.3) is 5.91 Å². The molecule has 1 aromatic heterocycles. The van der Waals surface area contributed by atoms with Crippen LogP contribution in [-0.4, -0.2) is 45.7 Å². The third-order valence-electron chi connectivity index (χ3n) is 6.06. The van der Waals surface area contributed by atoms with Crippen LogP contribution in [0, 0.1) is 0 Å². The van der Waals surface area contributed by atoms with Crippen molar-refractivity contribution in [2.45, 2.75) is 23.9 Å². The molecule has 2 amide bonds. The van der Waals surface area contributed by atoms with E-state index in [9.17, 15) is 14.4 Å². The molecular formula is C27H23ClN2O4S2. The number of thiophene rings is 1. The predicted octanol–water partition coefficient (Wildman–Crippen LogP) is 4.52. The van der Waals surface area contributed by atoms with Gasteiger partial charge in [0.2, 0.25) is 5.91 Å². The zero-order chi connectivity index (χ0) is 25.1. The lowest BCUT2D eigenvalue weighted by atomic mass is 10.0. The van der Waals surface area contributed by atoms with Gasteiger partial charge in [-0.3, -0.25) is 14.5 Å². The number of thioether (sulfide) groups is 1. The fourth-order valence-electron chi connectivity index (χ4n) is 4.32. The first-order valence-electron chi connectivity index (χ1n) is 11.4. The maximum absolute atomic E-state index is 13.6. The smallest absolute Gasteiger partial charge is 0.356 e. The first-order valence-corrected chi connectivity index (χ1v) is 13.9. The lowest BCUT2D eigenvalue weighted by Crippen LogP contribution is -2.70. The quantitative estimate of drug-likeness (QED) is 0.259. The summed E-state index contributed by atoms with van der Waals surface area (Å²) in [7, 11) is 0. The van der Waals surface area contributed by atoms with Crippen LogP contribution in [0.15, 0.2) is 89.4 Å². The Kier molecular flexibility index (Phi) is 7.46. The second-order valence-electron chi connectivity index (χ2n) is 8.40. The van der Waals surface area contributed by atoms with Crippen LogP contribution in [0.1, 0.15) is 22.1 Å². The third kappa shape index (κ3) is 4.93. The number of alkyl halides is 1. The van der Waals surface area contributed by atoms with E-state index in [2.05, 4.69) is 5.32 Å². The van der Waals surface area contributed by atoms with E-state index in [1.807, 2.05) is 78.2 Å². The molecular weight excluding hydrogens is 516 g/mol. The summed E-state index contributed by atoms with van der Waals surface area (Å²) in [6, 6.07) is 22.0. The van der Waals surface area contributed by atoms with Crippen LogP contribution in [0.5, 0.6) is 0 Å². The van der Waals surface area contributed by atoms with Gasteiger partial charge in [-0.25, -0.2) is 4.79 Å². The molecule has 3 heterocycles. The van der Waals surface area contributed by atoms with Gasteiger partial charge < -0.3 is 10.1 Å². The highest BCUT2D eigenvalue weighted by molar-refractivity contribution is 8.00. The number of halogens is 1. The van der Waals surface area contributed by atoms with E-state index in [-0.39, 0.29) is 35.2 Å². The number of β-lactam (4-membered cyclic amide) rings is 1. The first kappa shape index (κ1) is 24.6. The van der Waals surface area contributed by atoms with E-state index in [0.717, 1.165) is 16.0 Å². The van der Waals surface area contributed by atoms with Gasteiger partial charge in [-0.15, -0.1) is 34.7 Å². The Morgan fingerprint density at radius 3 is 2.28 bits per heavy atom. The number of fused-ring (bicyclic) bond motifs is 1. The summed E-state index contributed by atoms with van der Waals surface area (Å²) in [5.74, 6) is -0.589. The molecule has 1 saturated heterocycles. The Morgan fingerprint density at radius 2 is 1.69 bits per heavy atom. The molecule has 2 aromatic carbocycles. The lowest BCUT2D eigenvalue weighted by molar-refractivity contribution is -0.154. The van der Waals surface area contributed by atoms with E-state index < -0.39 is 18.1 Å². The molecule has 0 unspecified atom stereocenters. The molecule has 36 heavy (non-hydrogen) atoms. The fourth-order valence-corrected chi connectivity index (χ4v) is 6.70. The molecule has 1 N–H and O–H groups in total. The van der Waals surface area contributed by atoms with E-state index >= 15 is 0 Å². The van der Waals surface area contributed by atoms with Crippen LogP contribution in [-0.2, 0) is 25.5 Å². The normalized spacial score (nSPS) is 19.1. The maximum atomic E-state index is 13.6. The minimum absolute atomic E-state index is 0.102. The zero-order valence-electron chi connectivity index (χ0n) is 19.1. The van der Waals surface area contributed by atoms with Crippen molar-refractivity contribution < 1.29 is 19.1 Å². The predicted molar refractivity (Wildman–Crippen MR) is 142 cm³/mol.